The van der Waals surface area contributed by atoms with Crippen molar-refractivity contribution in [1.82, 2.24) is 10.6 Å². The smallest absolute Gasteiger partial charge is 0.243 e. The maximum Gasteiger partial charge on any atom is 0.243 e. The number of amides is 2. The summed E-state index contributed by atoms with van der Waals surface area (Å²) in [6.45, 7) is 2.33. The molecule has 1 fully saturated rings. The van der Waals surface area contributed by atoms with Crippen LogP contribution in [-0.2, 0) is 22.6 Å². The molecule has 3 rings (SSSR count). The highest BCUT2D eigenvalue weighted by atomic mass is 16.5. The van der Waals surface area contributed by atoms with Gasteiger partial charge in [0, 0.05) is 31.7 Å². The van der Waals surface area contributed by atoms with Crippen LogP contribution in [-0.4, -0.2) is 38.1 Å². The third-order valence-corrected chi connectivity index (χ3v) is 5.35. The van der Waals surface area contributed by atoms with E-state index in [1.807, 2.05) is 54.6 Å². The van der Waals surface area contributed by atoms with E-state index in [-0.39, 0.29) is 17.7 Å². The van der Waals surface area contributed by atoms with Crippen molar-refractivity contribution in [2.45, 2.75) is 31.8 Å². The molecule has 1 aliphatic heterocycles. The van der Waals surface area contributed by atoms with E-state index in [0.717, 1.165) is 42.8 Å². The molecule has 2 aromatic carbocycles. The molecule has 2 amide bonds. The predicted molar refractivity (Wildman–Crippen MR) is 111 cm³/mol. The first-order valence-electron chi connectivity index (χ1n) is 10.2. The Morgan fingerprint density at radius 2 is 1.72 bits per heavy atom. The lowest BCUT2D eigenvalue weighted by atomic mass is 9.96. The minimum Gasteiger partial charge on any atom is -0.497 e. The van der Waals surface area contributed by atoms with E-state index < -0.39 is 6.04 Å². The first-order valence-corrected chi connectivity index (χ1v) is 10.2. The highest BCUT2D eigenvalue weighted by molar-refractivity contribution is 5.88. The lowest BCUT2D eigenvalue weighted by Gasteiger charge is -2.24. The molecule has 0 spiro atoms. The summed E-state index contributed by atoms with van der Waals surface area (Å²) in [4.78, 5) is 25.6. The van der Waals surface area contributed by atoms with Crippen LogP contribution in [0.4, 0.5) is 0 Å². The first-order chi connectivity index (χ1) is 14.2. The Morgan fingerprint density at radius 3 is 2.38 bits per heavy atom. The van der Waals surface area contributed by atoms with Crippen LogP contribution >= 0.6 is 0 Å². The zero-order valence-electron chi connectivity index (χ0n) is 16.9. The molecule has 0 aliphatic carbocycles. The molecule has 4 N–H and O–H groups in total. The number of piperidine rings is 1. The van der Waals surface area contributed by atoms with Gasteiger partial charge >= 0.3 is 0 Å². The van der Waals surface area contributed by atoms with Crippen molar-refractivity contribution in [1.29, 1.82) is 0 Å². The van der Waals surface area contributed by atoms with Crippen LogP contribution in [0.15, 0.2) is 54.6 Å². The zero-order valence-corrected chi connectivity index (χ0v) is 16.9. The number of carbonyl (C=O) groups is 2. The molecule has 0 saturated carbocycles. The van der Waals surface area contributed by atoms with Gasteiger partial charge in [0.05, 0.1) is 20.2 Å². The van der Waals surface area contributed by atoms with Crippen LogP contribution in [0.1, 0.15) is 24.0 Å². The van der Waals surface area contributed by atoms with Gasteiger partial charge < -0.3 is 20.7 Å². The second-order valence-electron chi connectivity index (χ2n) is 7.46. The minimum atomic E-state index is -0.589. The Bertz CT molecular complexity index is 787. The van der Waals surface area contributed by atoms with E-state index >= 15 is 0 Å². The number of nitrogens with two attached hydrogens (primary N) is 1. The van der Waals surface area contributed by atoms with Crippen LogP contribution in [0, 0.1) is 5.92 Å². The van der Waals surface area contributed by atoms with E-state index in [2.05, 4.69) is 16.0 Å². The number of benzene rings is 2. The number of quaternary nitrogens is 1. The SMILES string of the molecule is COc1ccc(CNC(=O)[C@H](Cc2ccccc2)NC(=O)C2CC[NH2+]CC2)cc1. The van der Waals surface area contributed by atoms with E-state index in [1.165, 1.54) is 0 Å². The van der Waals surface area contributed by atoms with Crippen molar-refractivity contribution in [2.75, 3.05) is 20.2 Å². The largest absolute Gasteiger partial charge is 0.497 e. The average molecular weight is 397 g/mol. The third kappa shape index (κ3) is 6.32. The van der Waals surface area contributed by atoms with Crippen LogP contribution in [0.3, 0.4) is 0 Å². The molecule has 1 heterocycles. The summed E-state index contributed by atoms with van der Waals surface area (Å²) in [5.74, 6) is 0.589. The summed E-state index contributed by atoms with van der Waals surface area (Å²) in [5, 5.41) is 8.20. The van der Waals surface area contributed by atoms with Gasteiger partial charge in [-0.15, -0.1) is 0 Å². The van der Waals surface area contributed by atoms with E-state index in [1.54, 1.807) is 7.11 Å². The summed E-state index contributed by atoms with van der Waals surface area (Å²) in [6.07, 6.45) is 2.19. The average Bonchev–Trinajstić information content (AvgIpc) is 2.78. The fourth-order valence-corrected chi connectivity index (χ4v) is 3.59. The molecule has 1 saturated heterocycles. The van der Waals surface area contributed by atoms with Crippen molar-refractivity contribution in [3.63, 3.8) is 0 Å². The summed E-state index contributed by atoms with van der Waals surface area (Å²) in [6, 6.07) is 16.8. The number of methoxy groups -OCH3 is 1. The highest BCUT2D eigenvalue weighted by Gasteiger charge is 2.27. The fraction of sp³-hybridized carbons (Fsp3) is 0.391. The lowest BCUT2D eigenvalue weighted by molar-refractivity contribution is -0.664. The number of carbonyl (C=O) groups excluding carboxylic acids is 2. The van der Waals surface area contributed by atoms with Gasteiger partial charge in [-0.05, 0) is 23.3 Å². The molecule has 0 unspecified atom stereocenters. The van der Waals surface area contributed by atoms with Gasteiger partial charge in [0.25, 0.3) is 0 Å². The summed E-state index contributed by atoms with van der Waals surface area (Å²) in [5.41, 5.74) is 2.00. The number of rotatable bonds is 8. The van der Waals surface area contributed by atoms with E-state index in [4.69, 9.17) is 4.74 Å². The molecular weight excluding hydrogens is 366 g/mol. The maximum atomic E-state index is 12.9. The minimum absolute atomic E-state index is 0.00679. The Hall–Kier alpha value is -2.86. The van der Waals surface area contributed by atoms with Crippen LogP contribution in [0.2, 0.25) is 0 Å². The summed E-state index contributed by atoms with van der Waals surface area (Å²) in [7, 11) is 1.62. The standard InChI is InChI=1S/C23H29N3O3/c1-29-20-9-7-18(8-10-20)16-25-23(28)21(15-17-5-3-2-4-6-17)26-22(27)19-11-13-24-14-12-19/h2-10,19,21,24H,11-16H2,1H3,(H,25,28)(H,26,27)/p+1/t21-/m0/s1. The van der Waals surface area contributed by atoms with E-state index in [9.17, 15) is 9.59 Å². The normalized spacial score (nSPS) is 15.3. The summed E-state index contributed by atoms with van der Waals surface area (Å²) >= 11 is 0. The van der Waals surface area contributed by atoms with Crippen LogP contribution in [0.25, 0.3) is 0 Å². The Kier molecular flexibility index (Phi) is 7.64. The quantitative estimate of drug-likeness (QED) is 0.623. The first kappa shape index (κ1) is 20.9. The summed E-state index contributed by atoms with van der Waals surface area (Å²) < 4.78 is 5.16. The molecular formula is C23H30N3O3+. The molecule has 1 atom stereocenters. The molecule has 29 heavy (non-hydrogen) atoms. The molecule has 154 valence electrons. The zero-order chi connectivity index (χ0) is 20.5. The predicted octanol–water partition coefficient (Wildman–Crippen LogP) is 1.01. The van der Waals surface area contributed by atoms with Gasteiger partial charge in [0.15, 0.2) is 0 Å². The number of hydrogen-bond acceptors (Lipinski definition) is 3. The molecule has 6 heteroatoms. The number of hydrogen-bond donors (Lipinski definition) is 3. The van der Waals surface area contributed by atoms with Gasteiger partial charge in [0.1, 0.15) is 11.8 Å². The second kappa shape index (κ2) is 10.6. The Morgan fingerprint density at radius 1 is 1.03 bits per heavy atom. The monoisotopic (exact) mass is 396 g/mol. The molecule has 2 aromatic rings. The van der Waals surface area contributed by atoms with Crippen molar-refractivity contribution >= 4 is 11.8 Å². The highest BCUT2D eigenvalue weighted by Crippen LogP contribution is 2.12. The van der Waals surface area contributed by atoms with Gasteiger partial charge in [-0.1, -0.05) is 42.5 Å². The second-order valence-corrected chi connectivity index (χ2v) is 7.46. The van der Waals surface area contributed by atoms with Gasteiger partial charge in [0.2, 0.25) is 11.8 Å². The number of ether oxygens (including phenoxy) is 1. The lowest BCUT2D eigenvalue weighted by Crippen LogP contribution is -2.86. The van der Waals surface area contributed by atoms with Gasteiger partial charge in [-0.2, -0.15) is 0 Å². The fourth-order valence-electron chi connectivity index (χ4n) is 3.59. The number of nitrogens with one attached hydrogen (secondary N) is 2. The Labute approximate surface area is 172 Å². The van der Waals surface area contributed by atoms with Gasteiger partial charge in [-0.3, -0.25) is 9.59 Å². The third-order valence-electron chi connectivity index (χ3n) is 5.35. The topological polar surface area (TPSA) is 84.0 Å². The molecule has 1 aliphatic rings. The Balaban J connectivity index is 1.63. The molecule has 6 nitrogen and oxygen atoms in total. The van der Waals surface area contributed by atoms with Crippen molar-refractivity contribution in [2.24, 2.45) is 5.92 Å². The molecule has 0 aromatic heterocycles. The van der Waals surface area contributed by atoms with Gasteiger partial charge in [-0.25, -0.2) is 0 Å². The van der Waals surface area contributed by atoms with Crippen molar-refractivity contribution in [3.8, 4) is 5.75 Å². The van der Waals surface area contributed by atoms with Crippen LogP contribution < -0.4 is 20.7 Å². The van der Waals surface area contributed by atoms with Crippen molar-refractivity contribution < 1.29 is 19.6 Å². The van der Waals surface area contributed by atoms with Crippen LogP contribution in [0.5, 0.6) is 5.75 Å². The molecule has 0 radical (unpaired) electrons. The van der Waals surface area contributed by atoms with E-state index in [0.29, 0.717) is 13.0 Å². The maximum absolute atomic E-state index is 12.9. The van der Waals surface area contributed by atoms with Crippen molar-refractivity contribution in [3.05, 3.63) is 65.7 Å². The molecule has 0 bridgehead atoms.